The molecule has 1 heterocycles. The fraction of sp³-hybridized carbons (Fsp3) is 0.500. The SMILES string of the molecule is CC1=CC=CC(C2CCCN2)=CC1. The lowest BCUT2D eigenvalue weighted by Gasteiger charge is -2.10. The number of allylic oxidation sites excluding steroid dienone is 4. The van der Waals surface area contributed by atoms with Gasteiger partial charge in [0.05, 0.1) is 0 Å². The maximum atomic E-state index is 3.53. The van der Waals surface area contributed by atoms with Gasteiger partial charge in [-0.1, -0.05) is 29.9 Å². The zero-order valence-corrected chi connectivity index (χ0v) is 8.22. The second-order valence-electron chi connectivity index (χ2n) is 3.93. The Kier molecular flexibility index (Phi) is 2.65. The van der Waals surface area contributed by atoms with Crippen molar-refractivity contribution in [3.05, 3.63) is 35.5 Å². The third-order valence-corrected chi connectivity index (χ3v) is 2.79. The summed E-state index contributed by atoms with van der Waals surface area (Å²) in [5, 5.41) is 3.53. The predicted octanol–water partition coefficient (Wildman–Crippen LogP) is 2.57. The molecule has 0 aromatic heterocycles. The van der Waals surface area contributed by atoms with Crippen molar-refractivity contribution in [2.24, 2.45) is 0 Å². The van der Waals surface area contributed by atoms with Gasteiger partial charge >= 0.3 is 0 Å². The Morgan fingerprint density at radius 2 is 2.38 bits per heavy atom. The maximum absolute atomic E-state index is 3.53. The van der Waals surface area contributed by atoms with E-state index in [0.29, 0.717) is 6.04 Å². The van der Waals surface area contributed by atoms with Crippen LogP contribution >= 0.6 is 0 Å². The van der Waals surface area contributed by atoms with E-state index in [1.165, 1.54) is 30.5 Å². The van der Waals surface area contributed by atoms with Gasteiger partial charge in [-0.05, 0) is 38.3 Å². The Balaban J connectivity index is 2.08. The zero-order chi connectivity index (χ0) is 9.10. The van der Waals surface area contributed by atoms with Crippen molar-refractivity contribution in [2.45, 2.75) is 32.2 Å². The van der Waals surface area contributed by atoms with E-state index in [1.807, 2.05) is 0 Å². The Hall–Kier alpha value is -0.820. The minimum Gasteiger partial charge on any atom is -0.310 e. The third kappa shape index (κ3) is 2.10. The third-order valence-electron chi connectivity index (χ3n) is 2.79. The number of nitrogens with one attached hydrogen (secondary N) is 1. The summed E-state index contributed by atoms with van der Waals surface area (Å²) in [4.78, 5) is 0. The average Bonchev–Trinajstić information content (AvgIpc) is 2.56. The molecule has 1 aliphatic carbocycles. The molecule has 13 heavy (non-hydrogen) atoms. The van der Waals surface area contributed by atoms with Crippen molar-refractivity contribution in [2.75, 3.05) is 6.54 Å². The van der Waals surface area contributed by atoms with Gasteiger partial charge in [0.1, 0.15) is 0 Å². The largest absolute Gasteiger partial charge is 0.310 e. The first-order chi connectivity index (χ1) is 6.36. The molecular formula is C12H17N. The van der Waals surface area contributed by atoms with Crippen LogP contribution in [0.3, 0.4) is 0 Å². The molecule has 1 fully saturated rings. The van der Waals surface area contributed by atoms with Crippen LogP contribution in [0.5, 0.6) is 0 Å². The molecule has 1 N–H and O–H groups in total. The normalized spacial score (nSPS) is 28.2. The smallest absolute Gasteiger partial charge is 0.0317 e. The summed E-state index contributed by atoms with van der Waals surface area (Å²) < 4.78 is 0. The summed E-state index contributed by atoms with van der Waals surface area (Å²) in [6, 6.07) is 0.621. The number of hydrogen-bond donors (Lipinski definition) is 1. The summed E-state index contributed by atoms with van der Waals surface area (Å²) in [5.74, 6) is 0. The van der Waals surface area contributed by atoms with Gasteiger partial charge in [-0.3, -0.25) is 0 Å². The first kappa shape index (κ1) is 8.76. The summed E-state index contributed by atoms with van der Waals surface area (Å²) in [6.07, 6.45) is 12.7. The van der Waals surface area contributed by atoms with E-state index in [4.69, 9.17) is 0 Å². The van der Waals surface area contributed by atoms with Crippen molar-refractivity contribution in [3.63, 3.8) is 0 Å². The average molecular weight is 175 g/mol. The topological polar surface area (TPSA) is 12.0 Å². The van der Waals surface area contributed by atoms with Crippen LogP contribution in [0.2, 0.25) is 0 Å². The highest BCUT2D eigenvalue weighted by Crippen LogP contribution is 2.19. The molecule has 70 valence electrons. The molecule has 1 unspecified atom stereocenters. The van der Waals surface area contributed by atoms with Gasteiger partial charge in [0.15, 0.2) is 0 Å². The molecule has 1 heteroatoms. The molecule has 1 nitrogen and oxygen atoms in total. The molecule has 0 saturated carbocycles. The van der Waals surface area contributed by atoms with E-state index in [9.17, 15) is 0 Å². The first-order valence-electron chi connectivity index (χ1n) is 5.13. The molecule has 0 amide bonds. The Morgan fingerprint density at radius 1 is 1.46 bits per heavy atom. The first-order valence-corrected chi connectivity index (χ1v) is 5.13. The van der Waals surface area contributed by atoms with Crippen LogP contribution in [0.1, 0.15) is 26.2 Å². The van der Waals surface area contributed by atoms with Crippen LogP contribution < -0.4 is 5.32 Å². The van der Waals surface area contributed by atoms with Gasteiger partial charge in [0.25, 0.3) is 0 Å². The van der Waals surface area contributed by atoms with Crippen LogP contribution in [0.25, 0.3) is 0 Å². The van der Waals surface area contributed by atoms with Crippen LogP contribution in [0.15, 0.2) is 35.5 Å². The van der Waals surface area contributed by atoms with Crippen molar-refractivity contribution >= 4 is 0 Å². The second-order valence-corrected chi connectivity index (χ2v) is 3.93. The lowest BCUT2D eigenvalue weighted by Crippen LogP contribution is -2.22. The second kappa shape index (κ2) is 3.93. The van der Waals surface area contributed by atoms with Crippen molar-refractivity contribution in [1.29, 1.82) is 0 Å². The molecule has 1 aliphatic heterocycles. The summed E-state index contributed by atoms with van der Waals surface area (Å²) in [6.45, 7) is 3.37. The Bertz CT molecular complexity index is 265. The summed E-state index contributed by atoms with van der Waals surface area (Å²) >= 11 is 0. The van der Waals surface area contributed by atoms with E-state index < -0.39 is 0 Å². The van der Waals surface area contributed by atoms with Gasteiger partial charge in [-0.25, -0.2) is 0 Å². The maximum Gasteiger partial charge on any atom is 0.0317 e. The van der Waals surface area contributed by atoms with E-state index in [2.05, 4.69) is 36.5 Å². The molecular weight excluding hydrogens is 158 g/mol. The summed E-state index contributed by atoms with van der Waals surface area (Å²) in [7, 11) is 0. The van der Waals surface area contributed by atoms with Crippen molar-refractivity contribution in [3.8, 4) is 0 Å². The Labute approximate surface area is 80.2 Å². The van der Waals surface area contributed by atoms with Crippen LogP contribution in [0.4, 0.5) is 0 Å². The van der Waals surface area contributed by atoms with Gasteiger partial charge in [-0.15, -0.1) is 0 Å². The fourth-order valence-electron chi connectivity index (χ4n) is 1.97. The Morgan fingerprint density at radius 3 is 3.15 bits per heavy atom. The summed E-state index contributed by atoms with van der Waals surface area (Å²) in [5.41, 5.74) is 2.93. The van der Waals surface area contributed by atoms with Crippen LogP contribution in [0, 0.1) is 0 Å². The molecule has 0 bridgehead atoms. The van der Waals surface area contributed by atoms with E-state index in [1.54, 1.807) is 0 Å². The molecule has 2 rings (SSSR count). The van der Waals surface area contributed by atoms with Gasteiger partial charge in [-0.2, -0.15) is 0 Å². The monoisotopic (exact) mass is 175 g/mol. The number of hydrogen-bond acceptors (Lipinski definition) is 1. The minimum atomic E-state index is 0.621. The van der Waals surface area contributed by atoms with E-state index in [0.717, 1.165) is 6.42 Å². The van der Waals surface area contributed by atoms with E-state index in [-0.39, 0.29) is 0 Å². The van der Waals surface area contributed by atoms with Gasteiger partial charge < -0.3 is 5.32 Å². The van der Waals surface area contributed by atoms with Crippen molar-refractivity contribution in [1.82, 2.24) is 5.32 Å². The van der Waals surface area contributed by atoms with Gasteiger partial charge in [0.2, 0.25) is 0 Å². The van der Waals surface area contributed by atoms with E-state index >= 15 is 0 Å². The molecule has 2 aliphatic rings. The van der Waals surface area contributed by atoms with Crippen LogP contribution in [-0.4, -0.2) is 12.6 Å². The van der Waals surface area contributed by atoms with Crippen molar-refractivity contribution < 1.29 is 0 Å². The number of rotatable bonds is 1. The highest BCUT2D eigenvalue weighted by Gasteiger charge is 2.16. The molecule has 0 radical (unpaired) electrons. The lowest BCUT2D eigenvalue weighted by molar-refractivity contribution is 0.701. The molecule has 1 atom stereocenters. The van der Waals surface area contributed by atoms with Gasteiger partial charge in [0, 0.05) is 6.04 Å². The highest BCUT2D eigenvalue weighted by molar-refractivity contribution is 5.33. The standard InChI is InChI=1S/C12H17N/c1-10-4-2-5-11(8-7-10)12-6-3-9-13-12/h2,4-5,8,12-13H,3,6-7,9H2,1H3. The minimum absolute atomic E-state index is 0.621. The fourth-order valence-corrected chi connectivity index (χ4v) is 1.97. The molecule has 0 spiro atoms. The molecule has 0 aromatic rings. The molecule has 1 saturated heterocycles. The zero-order valence-electron chi connectivity index (χ0n) is 8.22. The highest BCUT2D eigenvalue weighted by atomic mass is 14.9. The lowest BCUT2D eigenvalue weighted by atomic mass is 10.0. The molecule has 0 aromatic carbocycles. The van der Waals surface area contributed by atoms with Crippen LogP contribution in [-0.2, 0) is 0 Å². The predicted molar refractivity (Wildman–Crippen MR) is 56.6 cm³/mol. The quantitative estimate of drug-likeness (QED) is 0.646.